The molecule has 0 radical (unpaired) electrons. The number of benzene rings is 2. The summed E-state index contributed by atoms with van der Waals surface area (Å²) < 4.78 is 40.3. The molecule has 0 aliphatic carbocycles. The molecule has 2 heterocycles. The van der Waals surface area contributed by atoms with Crippen LogP contribution in [0.2, 0.25) is 0 Å². The molecule has 0 bridgehead atoms. The van der Waals surface area contributed by atoms with Crippen molar-refractivity contribution < 1.29 is 32.3 Å². The van der Waals surface area contributed by atoms with Crippen LogP contribution in [0.3, 0.4) is 0 Å². The predicted octanol–water partition coefficient (Wildman–Crippen LogP) is 4.25. The van der Waals surface area contributed by atoms with E-state index in [1.165, 1.54) is 35.6 Å². The molecule has 1 aliphatic heterocycles. The number of Topliss-reactive ketones (excluding diaryl/α,β-unsaturated/α-hetero) is 1. The summed E-state index contributed by atoms with van der Waals surface area (Å²) in [6.45, 7) is 2.82. The third-order valence-electron chi connectivity index (χ3n) is 6.75. The summed E-state index contributed by atoms with van der Waals surface area (Å²) in [5.74, 6) is -4.50. The number of alkyl halides is 3. The van der Waals surface area contributed by atoms with Crippen LogP contribution in [0.25, 0.3) is 5.70 Å². The summed E-state index contributed by atoms with van der Waals surface area (Å²) in [5, 5.41) is 2.20. The first-order valence-corrected chi connectivity index (χ1v) is 13.2. The standard InChI is InChI=1S/C31H29F3N4O4/c1-20(2)27-30(42)37(19-26(39)36-24(28(40)31(32,33)34)17-21-9-5-3-6-10-21)25(22-11-7-4-8-12-22)18-38(27)29(41)23-13-15-35-16-14-23/h3-16,18,20,24,27H,17,19H2,1-2H3,(H,36,39)/t24-,27-/m0/s1. The molecule has 3 aromatic rings. The van der Waals surface area contributed by atoms with Gasteiger partial charge >= 0.3 is 6.18 Å². The van der Waals surface area contributed by atoms with Crippen molar-refractivity contribution in [3.8, 4) is 0 Å². The summed E-state index contributed by atoms with van der Waals surface area (Å²) in [6, 6.07) is 16.7. The highest BCUT2D eigenvalue weighted by molar-refractivity contribution is 6.04. The summed E-state index contributed by atoms with van der Waals surface area (Å²) in [5.41, 5.74) is 1.43. The Bertz CT molecular complexity index is 1460. The van der Waals surface area contributed by atoms with Gasteiger partial charge in [-0.3, -0.25) is 29.1 Å². The Morgan fingerprint density at radius 1 is 0.929 bits per heavy atom. The van der Waals surface area contributed by atoms with Crippen molar-refractivity contribution in [2.75, 3.05) is 6.54 Å². The number of aromatic nitrogens is 1. The summed E-state index contributed by atoms with van der Waals surface area (Å²) in [4.78, 5) is 59.3. The number of pyridine rings is 1. The average molecular weight is 579 g/mol. The van der Waals surface area contributed by atoms with Gasteiger partial charge in [0.15, 0.2) is 0 Å². The van der Waals surface area contributed by atoms with Gasteiger partial charge < -0.3 is 10.2 Å². The van der Waals surface area contributed by atoms with E-state index in [0.717, 1.165) is 4.90 Å². The second-order valence-corrected chi connectivity index (χ2v) is 10.1. The van der Waals surface area contributed by atoms with E-state index in [0.29, 0.717) is 16.7 Å². The van der Waals surface area contributed by atoms with Gasteiger partial charge in [-0.1, -0.05) is 74.5 Å². The lowest BCUT2D eigenvalue weighted by Crippen LogP contribution is -2.57. The molecule has 4 rings (SSSR count). The number of nitrogens with zero attached hydrogens (tertiary/aromatic N) is 3. The Morgan fingerprint density at radius 3 is 2.10 bits per heavy atom. The lowest BCUT2D eigenvalue weighted by molar-refractivity contribution is -0.173. The molecule has 0 fully saturated rings. The van der Waals surface area contributed by atoms with Gasteiger partial charge in [0.25, 0.3) is 17.6 Å². The maximum absolute atomic E-state index is 14.0. The van der Waals surface area contributed by atoms with E-state index in [2.05, 4.69) is 10.3 Å². The van der Waals surface area contributed by atoms with Gasteiger partial charge in [0.1, 0.15) is 18.6 Å². The van der Waals surface area contributed by atoms with Crippen LogP contribution in [0, 0.1) is 5.92 Å². The van der Waals surface area contributed by atoms with Gasteiger partial charge in [-0.2, -0.15) is 13.2 Å². The summed E-state index contributed by atoms with van der Waals surface area (Å²) in [6.07, 6.45) is -1.19. The molecule has 0 saturated heterocycles. The van der Waals surface area contributed by atoms with E-state index in [4.69, 9.17) is 0 Å². The quantitative estimate of drug-likeness (QED) is 0.410. The number of carbonyl (C=O) groups is 4. The molecule has 8 nitrogen and oxygen atoms in total. The molecule has 11 heteroatoms. The van der Waals surface area contributed by atoms with E-state index in [-0.39, 0.29) is 18.0 Å². The molecule has 1 N–H and O–H groups in total. The molecule has 218 valence electrons. The number of halogens is 3. The van der Waals surface area contributed by atoms with Crippen LogP contribution in [0.5, 0.6) is 0 Å². The fourth-order valence-corrected chi connectivity index (χ4v) is 4.76. The molecule has 3 amide bonds. The van der Waals surface area contributed by atoms with Crippen molar-refractivity contribution in [3.63, 3.8) is 0 Å². The van der Waals surface area contributed by atoms with Gasteiger partial charge in [0.2, 0.25) is 5.91 Å². The molecular weight excluding hydrogens is 549 g/mol. The summed E-state index contributed by atoms with van der Waals surface area (Å²) in [7, 11) is 0. The van der Waals surface area contributed by atoms with E-state index >= 15 is 0 Å². The number of amides is 3. The zero-order valence-corrected chi connectivity index (χ0v) is 22.9. The van der Waals surface area contributed by atoms with E-state index in [9.17, 15) is 32.3 Å². The van der Waals surface area contributed by atoms with Crippen LogP contribution >= 0.6 is 0 Å². The Labute approximate surface area is 240 Å². The molecular formula is C31H29F3N4O4. The van der Waals surface area contributed by atoms with E-state index in [1.807, 2.05) is 0 Å². The Morgan fingerprint density at radius 2 is 1.52 bits per heavy atom. The van der Waals surface area contributed by atoms with Gasteiger partial charge in [-0.05, 0) is 29.2 Å². The minimum atomic E-state index is -5.18. The fourth-order valence-electron chi connectivity index (χ4n) is 4.76. The molecule has 0 saturated carbocycles. The Balaban J connectivity index is 1.69. The predicted molar refractivity (Wildman–Crippen MR) is 148 cm³/mol. The van der Waals surface area contributed by atoms with Gasteiger partial charge in [-0.25, -0.2) is 0 Å². The number of hydrogen-bond donors (Lipinski definition) is 1. The number of carbonyl (C=O) groups excluding carboxylic acids is 4. The minimum Gasteiger partial charge on any atom is -0.344 e. The van der Waals surface area contributed by atoms with Crippen LogP contribution in [0.4, 0.5) is 13.2 Å². The van der Waals surface area contributed by atoms with E-state index < -0.39 is 48.3 Å². The first-order chi connectivity index (χ1) is 20.0. The topological polar surface area (TPSA) is 99.7 Å². The first kappa shape index (κ1) is 30.2. The van der Waals surface area contributed by atoms with E-state index in [1.54, 1.807) is 74.5 Å². The Hall–Kier alpha value is -4.80. The smallest absolute Gasteiger partial charge is 0.344 e. The SMILES string of the molecule is CC(C)[C@H]1C(=O)N(CC(=O)N[C@@H](Cc2ccccc2)C(=O)C(F)(F)F)C(c2ccccc2)=CN1C(=O)c1ccncc1. The van der Waals surface area contributed by atoms with Gasteiger partial charge in [-0.15, -0.1) is 0 Å². The lowest BCUT2D eigenvalue weighted by Gasteiger charge is -2.41. The van der Waals surface area contributed by atoms with Crippen molar-refractivity contribution in [2.24, 2.45) is 5.92 Å². The molecule has 2 aromatic carbocycles. The van der Waals surface area contributed by atoms with Crippen LogP contribution in [0.1, 0.15) is 35.3 Å². The highest BCUT2D eigenvalue weighted by Crippen LogP contribution is 2.31. The summed E-state index contributed by atoms with van der Waals surface area (Å²) >= 11 is 0. The second-order valence-electron chi connectivity index (χ2n) is 10.1. The largest absolute Gasteiger partial charge is 0.452 e. The molecule has 2 atom stereocenters. The fraction of sp³-hybridized carbons (Fsp3) is 0.258. The molecule has 1 aliphatic rings. The minimum absolute atomic E-state index is 0.205. The maximum Gasteiger partial charge on any atom is 0.452 e. The zero-order valence-electron chi connectivity index (χ0n) is 22.9. The lowest BCUT2D eigenvalue weighted by atomic mass is 9.96. The maximum atomic E-state index is 14.0. The number of hydrogen-bond acceptors (Lipinski definition) is 5. The van der Waals surface area contributed by atoms with Crippen molar-refractivity contribution >= 4 is 29.2 Å². The van der Waals surface area contributed by atoms with Crippen LogP contribution in [0.15, 0.2) is 91.4 Å². The second kappa shape index (κ2) is 12.8. The van der Waals surface area contributed by atoms with Crippen molar-refractivity contribution in [2.45, 2.75) is 38.5 Å². The molecule has 42 heavy (non-hydrogen) atoms. The Kier molecular flexibility index (Phi) is 9.19. The van der Waals surface area contributed by atoms with Crippen LogP contribution in [-0.2, 0) is 20.8 Å². The number of rotatable bonds is 9. The highest BCUT2D eigenvalue weighted by atomic mass is 19.4. The van der Waals surface area contributed by atoms with Gasteiger partial charge in [0, 0.05) is 30.6 Å². The highest BCUT2D eigenvalue weighted by Gasteiger charge is 2.45. The average Bonchev–Trinajstić information content (AvgIpc) is 2.97. The third kappa shape index (κ3) is 6.91. The molecule has 0 unspecified atom stereocenters. The molecule has 1 aromatic heterocycles. The monoisotopic (exact) mass is 578 g/mol. The normalized spacial score (nSPS) is 16.2. The van der Waals surface area contributed by atoms with Crippen molar-refractivity contribution in [1.82, 2.24) is 20.1 Å². The first-order valence-electron chi connectivity index (χ1n) is 13.2. The number of ketones is 1. The number of nitrogens with one attached hydrogen (secondary N) is 1. The van der Waals surface area contributed by atoms with Crippen molar-refractivity contribution in [3.05, 3.63) is 108 Å². The van der Waals surface area contributed by atoms with Gasteiger partial charge in [0.05, 0.1) is 5.70 Å². The van der Waals surface area contributed by atoms with Crippen molar-refractivity contribution in [1.29, 1.82) is 0 Å². The zero-order chi connectivity index (χ0) is 30.4. The molecule has 0 spiro atoms. The third-order valence-corrected chi connectivity index (χ3v) is 6.75. The van der Waals surface area contributed by atoms with Crippen LogP contribution in [-0.4, -0.2) is 63.1 Å². The van der Waals surface area contributed by atoms with Crippen LogP contribution < -0.4 is 5.32 Å².